The number of esters is 1. The number of hydrogen-bond acceptors (Lipinski definition) is 3. The molecule has 110 valence electrons. The zero-order valence-electron chi connectivity index (χ0n) is 12.1. The van der Waals surface area contributed by atoms with E-state index >= 15 is 0 Å². The quantitative estimate of drug-likeness (QED) is 0.353. The van der Waals surface area contributed by atoms with E-state index in [1.165, 1.54) is 5.56 Å². The Hall–Kier alpha value is -1.56. The lowest BCUT2D eigenvalue weighted by molar-refractivity contribution is -0.135. The Morgan fingerprint density at radius 2 is 1.71 bits per heavy atom. The van der Waals surface area contributed by atoms with E-state index in [2.05, 4.69) is 40.0 Å². The second-order valence-electron chi connectivity index (χ2n) is 5.23. The summed E-state index contributed by atoms with van der Waals surface area (Å²) in [6.07, 6.45) is 0. The third kappa shape index (κ3) is 5.04. The molecule has 0 aliphatic carbocycles. The van der Waals surface area contributed by atoms with Gasteiger partial charge in [-0.05, 0) is 43.7 Å². The Balaban J connectivity index is 1.92. The molecule has 21 heavy (non-hydrogen) atoms. The van der Waals surface area contributed by atoms with Gasteiger partial charge in [0.05, 0.1) is 0 Å². The van der Waals surface area contributed by atoms with Crippen LogP contribution in [-0.2, 0) is 11.3 Å². The van der Waals surface area contributed by atoms with E-state index in [0.29, 0.717) is 5.75 Å². The molecule has 0 amide bonds. The van der Waals surface area contributed by atoms with Crippen molar-refractivity contribution in [3.8, 4) is 5.75 Å². The van der Waals surface area contributed by atoms with Gasteiger partial charge in [-0.25, -0.2) is 0 Å². The number of alkyl halides is 1. The molecule has 2 aromatic carbocycles. The molecule has 2 rings (SSSR count). The van der Waals surface area contributed by atoms with Crippen molar-refractivity contribution in [2.24, 2.45) is 0 Å². The summed E-state index contributed by atoms with van der Waals surface area (Å²) in [5, 5.41) is 3.33. The predicted octanol–water partition coefficient (Wildman–Crippen LogP) is 4.42. The van der Waals surface area contributed by atoms with Crippen LogP contribution in [0.5, 0.6) is 5.75 Å². The summed E-state index contributed by atoms with van der Waals surface area (Å²) in [4.78, 5) is 11.8. The van der Waals surface area contributed by atoms with Crippen molar-refractivity contribution >= 4 is 34.2 Å². The Bertz CT molecular complexity index is 588. The summed E-state index contributed by atoms with van der Waals surface area (Å²) in [5.74, 6) is 0.322. The van der Waals surface area contributed by atoms with E-state index in [4.69, 9.17) is 4.74 Å². The second-order valence-corrected chi connectivity index (χ2v) is 7.92. The normalized spacial score (nSPS) is 11.0. The van der Waals surface area contributed by atoms with Crippen LogP contribution in [0.1, 0.15) is 19.4 Å². The minimum atomic E-state index is -0.526. The van der Waals surface area contributed by atoms with E-state index in [9.17, 15) is 4.79 Å². The van der Waals surface area contributed by atoms with Crippen molar-refractivity contribution in [1.29, 1.82) is 0 Å². The Kier molecular flexibility index (Phi) is 5.22. The first-order valence-electron chi connectivity index (χ1n) is 6.74. The number of nitrogens with one attached hydrogen (secondary N) is 1. The van der Waals surface area contributed by atoms with Gasteiger partial charge in [-0.3, -0.25) is 4.79 Å². The van der Waals surface area contributed by atoms with E-state index in [0.717, 1.165) is 12.2 Å². The number of halogens is 1. The number of carbonyl (C=O) groups excluding carboxylic acids is 1. The maximum Gasteiger partial charge on any atom is 0.326 e. The standard InChI is InChI=1S/C17H18INO2/c1-17(2,18)16(20)21-15-10-8-14(9-11-15)19-12-13-6-4-3-5-7-13/h3-11,19H,12H2,1-2H3. The fraction of sp³-hybridized carbons (Fsp3) is 0.235. The fourth-order valence-corrected chi connectivity index (χ4v) is 1.78. The largest absolute Gasteiger partial charge is 0.426 e. The third-order valence-electron chi connectivity index (χ3n) is 2.89. The average molecular weight is 395 g/mol. The molecule has 0 aromatic heterocycles. The first-order chi connectivity index (χ1) is 9.95. The van der Waals surface area contributed by atoms with Crippen LogP contribution in [0.25, 0.3) is 0 Å². The van der Waals surface area contributed by atoms with Crippen molar-refractivity contribution in [3.63, 3.8) is 0 Å². The number of hydrogen-bond donors (Lipinski definition) is 1. The van der Waals surface area contributed by atoms with Crippen LogP contribution in [0.2, 0.25) is 0 Å². The number of rotatable bonds is 5. The van der Waals surface area contributed by atoms with Gasteiger partial charge in [0.2, 0.25) is 0 Å². The molecule has 0 aliphatic rings. The fourth-order valence-electron chi connectivity index (χ4n) is 1.67. The summed E-state index contributed by atoms with van der Waals surface area (Å²) in [7, 11) is 0. The van der Waals surface area contributed by atoms with E-state index in [-0.39, 0.29) is 5.97 Å². The van der Waals surface area contributed by atoms with Gasteiger partial charge in [0.1, 0.15) is 9.17 Å². The van der Waals surface area contributed by atoms with Gasteiger partial charge in [0, 0.05) is 12.2 Å². The van der Waals surface area contributed by atoms with Gasteiger partial charge in [0.25, 0.3) is 0 Å². The zero-order valence-corrected chi connectivity index (χ0v) is 14.3. The molecule has 0 radical (unpaired) electrons. The highest BCUT2D eigenvalue weighted by Crippen LogP contribution is 2.22. The predicted molar refractivity (Wildman–Crippen MR) is 93.9 cm³/mol. The van der Waals surface area contributed by atoms with Crippen LogP contribution in [0, 0.1) is 0 Å². The first kappa shape index (κ1) is 15.8. The van der Waals surface area contributed by atoms with Crippen LogP contribution in [0.3, 0.4) is 0 Å². The molecule has 3 nitrogen and oxygen atoms in total. The highest BCUT2D eigenvalue weighted by Gasteiger charge is 2.25. The maximum atomic E-state index is 11.8. The van der Waals surface area contributed by atoms with Crippen molar-refractivity contribution in [2.75, 3.05) is 5.32 Å². The monoisotopic (exact) mass is 395 g/mol. The van der Waals surface area contributed by atoms with E-state index in [1.807, 2.05) is 44.2 Å². The molecule has 0 aliphatic heterocycles. The summed E-state index contributed by atoms with van der Waals surface area (Å²) < 4.78 is 4.80. The highest BCUT2D eigenvalue weighted by atomic mass is 127. The first-order valence-corrected chi connectivity index (χ1v) is 7.82. The van der Waals surface area contributed by atoms with E-state index < -0.39 is 3.42 Å². The minimum Gasteiger partial charge on any atom is -0.426 e. The molecule has 0 fully saturated rings. The smallest absolute Gasteiger partial charge is 0.326 e. The van der Waals surface area contributed by atoms with Gasteiger partial charge in [-0.1, -0.05) is 52.9 Å². The highest BCUT2D eigenvalue weighted by molar-refractivity contribution is 14.1. The average Bonchev–Trinajstić information content (AvgIpc) is 2.46. The van der Waals surface area contributed by atoms with Gasteiger partial charge >= 0.3 is 5.97 Å². The summed E-state index contributed by atoms with van der Waals surface area (Å²) in [6.45, 7) is 4.41. The maximum absolute atomic E-state index is 11.8. The molecular formula is C17H18INO2. The second kappa shape index (κ2) is 6.93. The molecule has 0 unspecified atom stereocenters. The number of carbonyl (C=O) groups is 1. The number of ether oxygens (including phenoxy) is 1. The van der Waals surface area contributed by atoms with Crippen molar-refractivity contribution in [3.05, 3.63) is 60.2 Å². The lowest BCUT2D eigenvalue weighted by Crippen LogP contribution is -2.28. The molecule has 0 saturated carbocycles. The third-order valence-corrected chi connectivity index (χ3v) is 3.33. The van der Waals surface area contributed by atoms with Gasteiger partial charge < -0.3 is 10.1 Å². The lowest BCUT2D eigenvalue weighted by Gasteiger charge is -2.15. The molecule has 1 N–H and O–H groups in total. The van der Waals surface area contributed by atoms with Gasteiger partial charge in [-0.15, -0.1) is 0 Å². The lowest BCUT2D eigenvalue weighted by atomic mass is 10.2. The molecular weight excluding hydrogens is 377 g/mol. The minimum absolute atomic E-state index is 0.243. The summed E-state index contributed by atoms with van der Waals surface area (Å²) in [5.41, 5.74) is 2.21. The van der Waals surface area contributed by atoms with Gasteiger partial charge in [-0.2, -0.15) is 0 Å². The molecule has 0 heterocycles. The Morgan fingerprint density at radius 3 is 2.29 bits per heavy atom. The topological polar surface area (TPSA) is 38.3 Å². The molecule has 2 aromatic rings. The van der Waals surface area contributed by atoms with Crippen molar-refractivity contribution in [2.45, 2.75) is 23.8 Å². The van der Waals surface area contributed by atoms with Crippen molar-refractivity contribution < 1.29 is 9.53 Å². The van der Waals surface area contributed by atoms with E-state index in [1.54, 1.807) is 12.1 Å². The number of benzene rings is 2. The Morgan fingerprint density at radius 1 is 1.10 bits per heavy atom. The van der Waals surface area contributed by atoms with Crippen molar-refractivity contribution in [1.82, 2.24) is 0 Å². The zero-order chi connectivity index (χ0) is 15.3. The molecule has 0 atom stereocenters. The van der Waals surface area contributed by atoms with Crippen LogP contribution in [0.4, 0.5) is 5.69 Å². The van der Waals surface area contributed by atoms with Gasteiger partial charge in [0.15, 0.2) is 0 Å². The summed E-state index contributed by atoms with van der Waals surface area (Å²) in [6, 6.07) is 17.6. The molecule has 0 bridgehead atoms. The Labute approximate surface area is 138 Å². The SMILES string of the molecule is CC(C)(I)C(=O)Oc1ccc(NCc2ccccc2)cc1. The summed E-state index contributed by atoms with van der Waals surface area (Å²) >= 11 is 2.07. The molecule has 0 spiro atoms. The van der Waals surface area contributed by atoms with Crippen LogP contribution in [-0.4, -0.2) is 9.39 Å². The van der Waals surface area contributed by atoms with Crippen LogP contribution in [0.15, 0.2) is 54.6 Å². The molecule has 0 saturated heterocycles. The van der Waals surface area contributed by atoms with Crippen LogP contribution < -0.4 is 10.1 Å². The van der Waals surface area contributed by atoms with Crippen LogP contribution >= 0.6 is 22.6 Å². The molecule has 4 heteroatoms. The number of anilines is 1.